The highest BCUT2D eigenvalue weighted by Crippen LogP contribution is 2.35. The molecule has 4 rings (SSSR count). The quantitative estimate of drug-likeness (QED) is 0.601. The van der Waals surface area contributed by atoms with Gasteiger partial charge in [0.05, 0.1) is 22.4 Å². The first-order valence-corrected chi connectivity index (χ1v) is 10.7. The van der Waals surface area contributed by atoms with Gasteiger partial charge in [-0.05, 0) is 18.2 Å². The van der Waals surface area contributed by atoms with Crippen molar-refractivity contribution in [3.8, 4) is 17.3 Å². The van der Waals surface area contributed by atoms with Crippen molar-refractivity contribution in [3.63, 3.8) is 0 Å². The van der Waals surface area contributed by atoms with E-state index in [0.717, 1.165) is 15.7 Å². The van der Waals surface area contributed by atoms with E-state index in [2.05, 4.69) is 31.4 Å². The maximum absolute atomic E-state index is 12.3. The minimum absolute atomic E-state index is 0.139. The second kappa shape index (κ2) is 6.43. The molecule has 2 aromatic carbocycles. The molecule has 0 radical (unpaired) electrons. The number of benzene rings is 2. The van der Waals surface area contributed by atoms with Gasteiger partial charge in [-0.2, -0.15) is 18.1 Å². The summed E-state index contributed by atoms with van der Waals surface area (Å²) in [6.45, 7) is 0. The molecule has 1 atom stereocenters. The van der Waals surface area contributed by atoms with Crippen LogP contribution in [-0.4, -0.2) is 19.1 Å². The summed E-state index contributed by atoms with van der Waals surface area (Å²) in [7, 11) is -3.76. The van der Waals surface area contributed by atoms with Gasteiger partial charge in [-0.3, -0.25) is 0 Å². The molecule has 0 saturated heterocycles. The molecule has 5 nitrogen and oxygen atoms in total. The van der Waals surface area contributed by atoms with Crippen LogP contribution in [0.5, 0.6) is 0 Å². The fourth-order valence-electron chi connectivity index (χ4n) is 2.75. The van der Waals surface area contributed by atoms with Crippen LogP contribution < -0.4 is 0 Å². The summed E-state index contributed by atoms with van der Waals surface area (Å²) in [5, 5.41) is 12.1. The molecule has 0 unspecified atom stereocenters. The van der Waals surface area contributed by atoms with E-state index in [9.17, 15) is 13.7 Å². The summed E-state index contributed by atoms with van der Waals surface area (Å²) in [4.78, 5) is 4.69. The first-order chi connectivity index (χ1) is 12.5. The number of nitrogens with zero attached hydrogens (tertiary/aromatic N) is 3. The van der Waals surface area contributed by atoms with E-state index in [-0.39, 0.29) is 10.6 Å². The molecule has 0 spiro atoms. The molecule has 2 heterocycles. The Hall–Kier alpha value is -2.34. The Labute approximate surface area is 162 Å². The fraction of sp³-hybridized carbons (Fsp3) is 0.0556. The summed E-state index contributed by atoms with van der Waals surface area (Å²) in [6, 6.07) is 16.4. The first kappa shape index (κ1) is 17.1. The van der Waals surface area contributed by atoms with Crippen LogP contribution in [-0.2, 0) is 10.0 Å². The number of fused-ring (bicyclic) bond motifs is 1. The van der Waals surface area contributed by atoms with Crippen LogP contribution in [0, 0.1) is 11.3 Å². The van der Waals surface area contributed by atoms with Crippen molar-refractivity contribution in [2.45, 2.75) is 10.8 Å². The third-order valence-electron chi connectivity index (χ3n) is 3.97. The maximum Gasteiger partial charge on any atom is 0.283 e. The first-order valence-electron chi connectivity index (χ1n) is 7.55. The smallest absolute Gasteiger partial charge is 0.239 e. The van der Waals surface area contributed by atoms with Gasteiger partial charge in [0, 0.05) is 21.0 Å². The Balaban J connectivity index is 1.76. The highest BCUT2D eigenvalue weighted by atomic mass is 79.9. The highest BCUT2D eigenvalue weighted by Gasteiger charge is 2.34. The largest absolute Gasteiger partial charge is 0.283 e. The van der Waals surface area contributed by atoms with E-state index < -0.39 is 15.9 Å². The van der Waals surface area contributed by atoms with Crippen molar-refractivity contribution in [1.29, 1.82) is 5.26 Å². The minimum Gasteiger partial charge on any atom is -0.239 e. The van der Waals surface area contributed by atoms with Crippen LogP contribution in [0.3, 0.4) is 0 Å². The summed E-state index contributed by atoms with van der Waals surface area (Å²) in [5.74, 6) is -0.831. The molecule has 0 N–H and O–H groups in total. The van der Waals surface area contributed by atoms with Crippen molar-refractivity contribution in [3.05, 3.63) is 69.0 Å². The molecule has 0 aliphatic carbocycles. The van der Waals surface area contributed by atoms with E-state index in [1.54, 1.807) is 18.2 Å². The lowest BCUT2D eigenvalue weighted by Gasteiger charge is -2.06. The van der Waals surface area contributed by atoms with Crippen LogP contribution in [0.1, 0.15) is 16.5 Å². The molecule has 0 saturated carbocycles. The zero-order valence-electron chi connectivity index (χ0n) is 13.1. The summed E-state index contributed by atoms with van der Waals surface area (Å²) in [6.07, 6.45) is 0. The van der Waals surface area contributed by atoms with E-state index >= 15 is 0 Å². The second-order valence-electron chi connectivity index (χ2n) is 5.59. The van der Waals surface area contributed by atoms with E-state index in [0.29, 0.717) is 10.6 Å². The zero-order chi connectivity index (χ0) is 18.3. The third kappa shape index (κ3) is 2.88. The van der Waals surface area contributed by atoms with Crippen molar-refractivity contribution in [2.75, 3.05) is 0 Å². The van der Waals surface area contributed by atoms with E-state index in [1.807, 2.05) is 29.6 Å². The molecular weight excluding hydrogens is 434 g/mol. The Bertz CT molecular complexity index is 1180. The van der Waals surface area contributed by atoms with E-state index in [4.69, 9.17) is 0 Å². The van der Waals surface area contributed by atoms with E-state index in [1.165, 1.54) is 17.4 Å². The topological polar surface area (TPSA) is 83.2 Å². The van der Waals surface area contributed by atoms with Gasteiger partial charge in [-0.25, -0.2) is 4.98 Å². The van der Waals surface area contributed by atoms with Gasteiger partial charge in [0.25, 0.3) is 10.0 Å². The lowest BCUT2D eigenvalue weighted by molar-refractivity contribution is 0.599. The monoisotopic (exact) mass is 443 g/mol. The Morgan fingerprint density at radius 1 is 1.12 bits per heavy atom. The third-order valence-corrected chi connectivity index (χ3v) is 6.76. The van der Waals surface area contributed by atoms with Crippen LogP contribution in [0.2, 0.25) is 0 Å². The number of hydrogen-bond donors (Lipinski definition) is 0. The summed E-state index contributed by atoms with van der Waals surface area (Å²) >= 11 is 4.72. The number of thiazole rings is 1. The molecule has 0 fully saturated rings. The molecule has 8 heteroatoms. The number of aromatic nitrogens is 1. The van der Waals surface area contributed by atoms with Gasteiger partial charge in [0.1, 0.15) is 10.9 Å². The molecule has 1 aliphatic rings. The number of sulfonamides is 1. The van der Waals surface area contributed by atoms with Crippen molar-refractivity contribution in [2.24, 2.45) is 4.40 Å². The molecule has 1 aliphatic heterocycles. The Morgan fingerprint density at radius 2 is 1.85 bits per heavy atom. The summed E-state index contributed by atoms with van der Waals surface area (Å²) < 4.78 is 29.3. The number of rotatable bonds is 3. The average Bonchev–Trinajstić information content (AvgIpc) is 3.21. The molecule has 128 valence electrons. The van der Waals surface area contributed by atoms with Gasteiger partial charge < -0.3 is 0 Å². The van der Waals surface area contributed by atoms with Gasteiger partial charge in [-0.1, -0.05) is 46.3 Å². The second-order valence-corrected chi connectivity index (χ2v) is 8.97. The number of halogens is 1. The predicted octanol–water partition coefficient (Wildman–Crippen LogP) is 4.37. The highest BCUT2D eigenvalue weighted by molar-refractivity contribution is 9.10. The van der Waals surface area contributed by atoms with Gasteiger partial charge in [-0.15, -0.1) is 11.3 Å². The molecule has 0 bridgehead atoms. The fourth-order valence-corrected chi connectivity index (χ4v) is 5.15. The standard InChI is InChI=1S/C18H10BrN3O2S2/c19-12-7-5-11(6-8-12)15-10-25-18(21-15)14(9-20)17-13-3-1-2-4-16(13)26(23,24)22-17/h1-8,10,14H/t14-/m0/s1. The van der Waals surface area contributed by atoms with Crippen molar-refractivity contribution in [1.82, 2.24) is 4.98 Å². The molecular formula is C18H10BrN3O2S2. The lowest BCUT2D eigenvalue weighted by atomic mass is 9.98. The Kier molecular flexibility index (Phi) is 4.23. The summed E-state index contributed by atoms with van der Waals surface area (Å²) in [5.41, 5.74) is 2.38. The molecule has 0 amide bonds. The zero-order valence-corrected chi connectivity index (χ0v) is 16.3. The minimum atomic E-state index is -3.76. The van der Waals surface area contributed by atoms with Gasteiger partial charge in [0.2, 0.25) is 0 Å². The van der Waals surface area contributed by atoms with Gasteiger partial charge >= 0.3 is 0 Å². The van der Waals surface area contributed by atoms with Crippen LogP contribution in [0.25, 0.3) is 11.3 Å². The number of hydrogen-bond acceptors (Lipinski definition) is 5. The molecule has 3 aromatic rings. The van der Waals surface area contributed by atoms with Crippen molar-refractivity contribution < 1.29 is 8.42 Å². The normalized spacial score (nSPS) is 15.8. The van der Waals surface area contributed by atoms with Crippen LogP contribution in [0.4, 0.5) is 0 Å². The van der Waals surface area contributed by atoms with Crippen LogP contribution >= 0.6 is 27.3 Å². The molecule has 26 heavy (non-hydrogen) atoms. The molecule has 1 aromatic heterocycles. The van der Waals surface area contributed by atoms with Crippen LogP contribution in [0.15, 0.2) is 67.7 Å². The van der Waals surface area contributed by atoms with Crippen molar-refractivity contribution >= 4 is 43.0 Å². The lowest BCUT2D eigenvalue weighted by Crippen LogP contribution is -2.10. The van der Waals surface area contributed by atoms with Gasteiger partial charge in [0.15, 0.2) is 0 Å². The number of nitriles is 1. The Morgan fingerprint density at radius 3 is 2.58 bits per heavy atom. The SMILES string of the molecule is N#C[C@@H](C1=NS(=O)(=O)c2ccccc21)c1nc(-c2ccc(Br)cc2)cs1. The predicted molar refractivity (Wildman–Crippen MR) is 104 cm³/mol. The maximum atomic E-state index is 12.3. The average molecular weight is 444 g/mol.